The molecular formula is C19H21ClN2O3S. The second-order valence-corrected chi connectivity index (χ2v) is 8.59. The maximum absolute atomic E-state index is 12.9. The number of rotatable bonds is 5. The number of carbonyl (C=O) groups excluding carboxylic acids is 1. The van der Waals surface area contributed by atoms with E-state index >= 15 is 0 Å². The molecular weight excluding hydrogens is 372 g/mol. The first-order valence-corrected chi connectivity index (χ1v) is 10.4. The lowest BCUT2D eigenvalue weighted by molar-refractivity contribution is -0.119. The summed E-state index contributed by atoms with van der Waals surface area (Å²) in [6.45, 7) is 2.39. The van der Waals surface area contributed by atoms with Crippen molar-refractivity contribution < 1.29 is 13.2 Å². The highest BCUT2D eigenvalue weighted by Crippen LogP contribution is 2.27. The first-order chi connectivity index (χ1) is 12.4. The second kappa shape index (κ2) is 7.78. The lowest BCUT2D eigenvalue weighted by atomic mass is 10.1. The number of benzene rings is 2. The second-order valence-electron chi connectivity index (χ2n) is 6.27. The number of anilines is 1. The van der Waals surface area contributed by atoms with Gasteiger partial charge < -0.3 is 5.32 Å². The molecule has 2 aromatic rings. The SMILES string of the molecule is CCc1ccc(NC(=O)[C@H]2CCCN2S(=O)(=O)c2ccc(Cl)cc2)cc1. The topological polar surface area (TPSA) is 66.5 Å². The summed E-state index contributed by atoms with van der Waals surface area (Å²) in [6, 6.07) is 12.9. The van der Waals surface area contributed by atoms with Gasteiger partial charge in [0.1, 0.15) is 6.04 Å². The van der Waals surface area contributed by atoms with Crippen molar-refractivity contribution >= 4 is 33.2 Å². The van der Waals surface area contributed by atoms with Gasteiger partial charge in [0.25, 0.3) is 0 Å². The van der Waals surface area contributed by atoms with Crippen molar-refractivity contribution in [1.29, 1.82) is 0 Å². The van der Waals surface area contributed by atoms with E-state index in [4.69, 9.17) is 11.6 Å². The summed E-state index contributed by atoms with van der Waals surface area (Å²) >= 11 is 5.84. The van der Waals surface area contributed by atoms with Crippen LogP contribution in [-0.4, -0.2) is 31.2 Å². The molecule has 138 valence electrons. The Labute approximate surface area is 159 Å². The molecule has 0 aliphatic carbocycles. The van der Waals surface area contributed by atoms with Crippen LogP contribution in [0.3, 0.4) is 0 Å². The minimum atomic E-state index is -3.74. The highest BCUT2D eigenvalue weighted by molar-refractivity contribution is 7.89. The molecule has 0 radical (unpaired) electrons. The van der Waals surface area contributed by atoms with Gasteiger partial charge in [0, 0.05) is 17.3 Å². The molecule has 7 heteroatoms. The number of sulfonamides is 1. The third-order valence-electron chi connectivity index (χ3n) is 4.56. The van der Waals surface area contributed by atoms with Crippen LogP contribution >= 0.6 is 11.6 Å². The summed E-state index contributed by atoms with van der Waals surface area (Å²) in [7, 11) is -3.74. The smallest absolute Gasteiger partial charge is 0.243 e. The lowest BCUT2D eigenvalue weighted by Crippen LogP contribution is -2.43. The van der Waals surface area contributed by atoms with Crippen molar-refractivity contribution in [3.8, 4) is 0 Å². The van der Waals surface area contributed by atoms with E-state index in [2.05, 4.69) is 12.2 Å². The fourth-order valence-electron chi connectivity index (χ4n) is 3.08. The molecule has 5 nitrogen and oxygen atoms in total. The third-order valence-corrected chi connectivity index (χ3v) is 6.73. The molecule has 2 aromatic carbocycles. The van der Waals surface area contributed by atoms with Crippen LogP contribution in [0.1, 0.15) is 25.3 Å². The van der Waals surface area contributed by atoms with Gasteiger partial charge in [-0.2, -0.15) is 4.31 Å². The predicted molar refractivity (Wildman–Crippen MR) is 103 cm³/mol. The standard InChI is InChI=1S/C19H21ClN2O3S/c1-2-14-5-9-16(10-6-14)21-19(23)18-4-3-13-22(18)26(24,25)17-11-7-15(20)8-12-17/h5-12,18H,2-4,13H2,1H3,(H,21,23)/t18-/m1/s1. The Balaban J connectivity index is 1.78. The highest BCUT2D eigenvalue weighted by atomic mass is 35.5. The molecule has 0 bridgehead atoms. The van der Waals surface area contributed by atoms with Gasteiger partial charge in [0.15, 0.2) is 0 Å². The van der Waals surface area contributed by atoms with Gasteiger partial charge in [-0.05, 0) is 61.2 Å². The van der Waals surface area contributed by atoms with Gasteiger partial charge in [-0.25, -0.2) is 8.42 Å². The number of amides is 1. The summed E-state index contributed by atoms with van der Waals surface area (Å²) in [4.78, 5) is 12.8. The molecule has 1 N–H and O–H groups in total. The van der Waals surface area contributed by atoms with Crippen LogP contribution in [0.5, 0.6) is 0 Å². The monoisotopic (exact) mass is 392 g/mol. The van der Waals surface area contributed by atoms with E-state index in [1.54, 1.807) is 0 Å². The summed E-state index contributed by atoms with van der Waals surface area (Å²) in [5.41, 5.74) is 1.85. The Morgan fingerprint density at radius 3 is 2.42 bits per heavy atom. The Morgan fingerprint density at radius 2 is 1.81 bits per heavy atom. The maximum atomic E-state index is 12.9. The van der Waals surface area contributed by atoms with Crippen molar-refractivity contribution in [2.24, 2.45) is 0 Å². The number of aryl methyl sites for hydroxylation is 1. The molecule has 0 unspecified atom stereocenters. The van der Waals surface area contributed by atoms with E-state index in [0.29, 0.717) is 30.1 Å². The van der Waals surface area contributed by atoms with Crippen LogP contribution in [0.15, 0.2) is 53.4 Å². The molecule has 1 saturated heterocycles. The number of nitrogens with one attached hydrogen (secondary N) is 1. The molecule has 1 heterocycles. The fourth-order valence-corrected chi connectivity index (χ4v) is 4.86. The molecule has 26 heavy (non-hydrogen) atoms. The van der Waals surface area contributed by atoms with Crippen LogP contribution in [0, 0.1) is 0 Å². The summed E-state index contributed by atoms with van der Waals surface area (Å²) in [5, 5.41) is 3.30. The molecule has 1 fully saturated rings. The van der Waals surface area contributed by atoms with E-state index in [9.17, 15) is 13.2 Å². The third kappa shape index (κ3) is 3.92. The lowest BCUT2D eigenvalue weighted by Gasteiger charge is -2.23. The van der Waals surface area contributed by atoms with Crippen molar-refractivity contribution in [2.45, 2.75) is 37.1 Å². The number of halogens is 1. The van der Waals surface area contributed by atoms with Crippen molar-refractivity contribution in [2.75, 3.05) is 11.9 Å². The average molecular weight is 393 g/mol. The molecule has 1 aliphatic heterocycles. The van der Waals surface area contributed by atoms with Crippen LogP contribution in [0.2, 0.25) is 5.02 Å². The number of hydrogen-bond donors (Lipinski definition) is 1. The van der Waals surface area contributed by atoms with Gasteiger partial charge >= 0.3 is 0 Å². The summed E-state index contributed by atoms with van der Waals surface area (Å²) < 4.78 is 27.1. The van der Waals surface area contributed by atoms with Gasteiger partial charge in [-0.15, -0.1) is 0 Å². The van der Waals surface area contributed by atoms with Crippen molar-refractivity contribution in [3.63, 3.8) is 0 Å². The maximum Gasteiger partial charge on any atom is 0.243 e. The first kappa shape index (κ1) is 18.9. The molecule has 1 aliphatic rings. The minimum Gasteiger partial charge on any atom is -0.325 e. The largest absolute Gasteiger partial charge is 0.325 e. The molecule has 3 rings (SSSR count). The van der Waals surface area contributed by atoms with E-state index in [-0.39, 0.29) is 10.8 Å². The molecule has 0 spiro atoms. The first-order valence-electron chi connectivity index (χ1n) is 8.59. The normalized spacial score (nSPS) is 18.0. The number of nitrogens with zero attached hydrogens (tertiary/aromatic N) is 1. The molecule has 0 saturated carbocycles. The summed E-state index contributed by atoms with van der Waals surface area (Å²) in [5.74, 6) is -0.302. The zero-order valence-corrected chi connectivity index (χ0v) is 16.1. The van der Waals surface area contributed by atoms with Crippen LogP contribution in [-0.2, 0) is 21.2 Å². The van der Waals surface area contributed by atoms with Crippen LogP contribution in [0.4, 0.5) is 5.69 Å². The van der Waals surface area contributed by atoms with Gasteiger partial charge in [-0.1, -0.05) is 30.7 Å². The minimum absolute atomic E-state index is 0.147. The van der Waals surface area contributed by atoms with E-state index in [1.165, 1.54) is 34.1 Å². The Bertz CT molecular complexity index is 880. The van der Waals surface area contributed by atoms with Gasteiger partial charge in [0.2, 0.25) is 15.9 Å². The summed E-state index contributed by atoms with van der Waals surface area (Å²) in [6.07, 6.45) is 2.08. The number of carbonyl (C=O) groups is 1. The Kier molecular flexibility index (Phi) is 5.65. The van der Waals surface area contributed by atoms with Gasteiger partial charge in [0.05, 0.1) is 4.90 Å². The highest BCUT2D eigenvalue weighted by Gasteiger charge is 2.39. The van der Waals surface area contributed by atoms with E-state index < -0.39 is 16.1 Å². The average Bonchev–Trinajstić information content (AvgIpc) is 3.13. The van der Waals surface area contributed by atoms with Crippen LogP contribution < -0.4 is 5.32 Å². The van der Waals surface area contributed by atoms with Crippen LogP contribution in [0.25, 0.3) is 0 Å². The Morgan fingerprint density at radius 1 is 1.15 bits per heavy atom. The quantitative estimate of drug-likeness (QED) is 0.843. The molecule has 1 amide bonds. The predicted octanol–water partition coefficient (Wildman–Crippen LogP) is 3.69. The van der Waals surface area contributed by atoms with Gasteiger partial charge in [-0.3, -0.25) is 4.79 Å². The zero-order valence-electron chi connectivity index (χ0n) is 14.5. The molecule has 0 aromatic heterocycles. The van der Waals surface area contributed by atoms with E-state index in [0.717, 1.165) is 6.42 Å². The fraction of sp³-hybridized carbons (Fsp3) is 0.316. The van der Waals surface area contributed by atoms with E-state index in [1.807, 2.05) is 24.3 Å². The zero-order chi connectivity index (χ0) is 18.7. The van der Waals surface area contributed by atoms with Crippen molar-refractivity contribution in [3.05, 3.63) is 59.1 Å². The number of hydrogen-bond acceptors (Lipinski definition) is 3. The van der Waals surface area contributed by atoms with Crippen molar-refractivity contribution in [1.82, 2.24) is 4.31 Å². The molecule has 1 atom stereocenters. The Hall–Kier alpha value is -1.89.